The first kappa shape index (κ1) is 14.9. The first-order valence-electron chi connectivity index (χ1n) is 5.72. The molecule has 0 saturated carbocycles. The second-order valence-electron chi connectivity index (χ2n) is 3.90. The van der Waals surface area contributed by atoms with Crippen LogP contribution in [0.4, 0.5) is 0 Å². The molecule has 0 bridgehead atoms. The molecule has 0 aliphatic rings. The molecular formula is C12H23N3O. The van der Waals surface area contributed by atoms with E-state index in [1.807, 2.05) is 0 Å². The molecule has 1 unspecified atom stereocenters. The molecule has 1 amide bonds. The molecule has 4 nitrogen and oxygen atoms in total. The summed E-state index contributed by atoms with van der Waals surface area (Å²) < 4.78 is 0. The molecule has 92 valence electrons. The SMILES string of the molecule is C#CCNCC(=O)NCCN(C)C(C)CC. The number of nitrogens with one attached hydrogen (secondary N) is 2. The molecule has 1 atom stereocenters. The summed E-state index contributed by atoms with van der Waals surface area (Å²) in [7, 11) is 2.07. The number of likely N-dealkylation sites (N-methyl/N-ethyl adjacent to an activating group) is 1. The number of rotatable bonds is 8. The van der Waals surface area contributed by atoms with Crippen LogP contribution in [0.1, 0.15) is 20.3 Å². The first-order chi connectivity index (χ1) is 7.61. The summed E-state index contributed by atoms with van der Waals surface area (Å²) >= 11 is 0. The number of hydrogen-bond acceptors (Lipinski definition) is 3. The quantitative estimate of drug-likeness (QED) is 0.453. The summed E-state index contributed by atoms with van der Waals surface area (Å²) in [6.45, 7) is 6.60. The summed E-state index contributed by atoms with van der Waals surface area (Å²) in [4.78, 5) is 13.5. The Kier molecular flexibility index (Phi) is 8.59. The van der Waals surface area contributed by atoms with Gasteiger partial charge in [-0.2, -0.15) is 0 Å². The molecule has 16 heavy (non-hydrogen) atoms. The fraction of sp³-hybridized carbons (Fsp3) is 0.750. The van der Waals surface area contributed by atoms with Crippen LogP contribution in [0.2, 0.25) is 0 Å². The van der Waals surface area contributed by atoms with Gasteiger partial charge in [-0.05, 0) is 20.4 Å². The van der Waals surface area contributed by atoms with Crippen LogP contribution in [0.5, 0.6) is 0 Å². The van der Waals surface area contributed by atoms with Gasteiger partial charge in [0.25, 0.3) is 0 Å². The molecule has 0 saturated heterocycles. The van der Waals surface area contributed by atoms with Gasteiger partial charge in [0.15, 0.2) is 0 Å². The Bertz CT molecular complexity index is 235. The van der Waals surface area contributed by atoms with Crippen LogP contribution in [-0.4, -0.2) is 50.1 Å². The number of hydrogen-bond donors (Lipinski definition) is 2. The highest BCUT2D eigenvalue weighted by Crippen LogP contribution is 1.97. The minimum absolute atomic E-state index is 0.00667. The molecule has 0 aliphatic carbocycles. The fourth-order valence-corrected chi connectivity index (χ4v) is 1.21. The third kappa shape index (κ3) is 7.27. The maximum Gasteiger partial charge on any atom is 0.234 e. The molecule has 2 N–H and O–H groups in total. The third-order valence-corrected chi connectivity index (χ3v) is 2.64. The average molecular weight is 225 g/mol. The van der Waals surface area contributed by atoms with Crippen LogP contribution < -0.4 is 10.6 Å². The number of carbonyl (C=O) groups excluding carboxylic acids is 1. The molecule has 0 heterocycles. The summed E-state index contributed by atoms with van der Waals surface area (Å²) in [5.41, 5.74) is 0. The normalized spacial score (nSPS) is 12.2. The second kappa shape index (κ2) is 9.20. The Labute approximate surface area is 98.8 Å². The van der Waals surface area contributed by atoms with Crippen molar-refractivity contribution in [1.82, 2.24) is 15.5 Å². The van der Waals surface area contributed by atoms with Crippen LogP contribution in [0.3, 0.4) is 0 Å². The van der Waals surface area contributed by atoms with Gasteiger partial charge in [0.1, 0.15) is 0 Å². The predicted molar refractivity (Wildman–Crippen MR) is 67.1 cm³/mol. The molecule has 0 aromatic carbocycles. The fourth-order valence-electron chi connectivity index (χ4n) is 1.21. The van der Waals surface area contributed by atoms with Gasteiger partial charge in [0.2, 0.25) is 5.91 Å². The summed E-state index contributed by atoms with van der Waals surface area (Å²) in [5.74, 6) is 2.41. The van der Waals surface area contributed by atoms with Gasteiger partial charge in [-0.1, -0.05) is 12.8 Å². The number of amides is 1. The van der Waals surface area contributed by atoms with Crippen molar-refractivity contribution in [2.45, 2.75) is 26.3 Å². The van der Waals surface area contributed by atoms with Gasteiger partial charge in [0, 0.05) is 19.1 Å². The standard InChI is InChI=1S/C12H23N3O/c1-5-7-13-10-12(16)14-8-9-15(4)11(3)6-2/h1,11,13H,6-10H2,2-4H3,(H,14,16). The lowest BCUT2D eigenvalue weighted by molar-refractivity contribution is -0.120. The lowest BCUT2D eigenvalue weighted by Gasteiger charge is -2.23. The largest absolute Gasteiger partial charge is 0.354 e. The van der Waals surface area contributed by atoms with Crippen LogP contribution in [0, 0.1) is 12.3 Å². The van der Waals surface area contributed by atoms with E-state index in [9.17, 15) is 4.79 Å². The molecule has 0 aromatic rings. The molecule has 0 fully saturated rings. The Balaban J connectivity index is 3.51. The Morgan fingerprint density at radius 2 is 2.25 bits per heavy atom. The zero-order chi connectivity index (χ0) is 12.4. The van der Waals surface area contributed by atoms with E-state index in [-0.39, 0.29) is 12.5 Å². The number of nitrogens with zero attached hydrogens (tertiary/aromatic N) is 1. The highest BCUT2D eigenvalue weighted by atomic mass is 16.1. The third-order valence-electron chi connectivity index (χ3n) is 2.64. The van der Waals surface area contributed by atoms with E-state index in [1.165, 1.54) is 0 Å². The minimum atomic E-state index is -0.00667. The Hall–Kier alpha value is -1.05. The molecule has 0 aromatic heterocycles. The van der Waals surface area contributed by atoms with Crippen LogP contribution in [-0.2, 0) is 4.79 Å². The molecular weight excluding hydrogens is 202 g/mol. The minimum Gasteiger partial charge on any atom is -0.354 e. The van der Waals surface area contributed by atoms with Crippen molar-refractivity contribution in [3.63, 3.8) is 0 Å². The monoisotopic (exact) mass is 225 g/mol. The zero-order valence-corrected chi connectivity index (χ0v) is 10.5. The molecule has 0 aliphatic heterocycles. The van der Waals surface area contributed by atoms with E-state index in [4.69, 9.17) is 6.42 Å². The van der Waals surface area contributed by atoms with E-state index in [1.54, 1.807) is 0 Å². The van der Waals surface area contributed by atoms with Crippen molar-refractivity contribution in [3.8, 4) is 12.3 Å². The van der Waals surface area contributed by atoms with Crippen LogP contribution >= 0.6 is 0 Å². The molecule has 0 radical (unpaired) electrons. The highest BCUT2D eigenvalue weighted by Gasteiger charge is 2.06. The smallest absolute Gasteiger partial charge is 0.234 e. The molecule has 0 rings (SSSR count). The number of carbonyl (C=O) groups is 1. The predicted octanol–water partition coefficient (Wildman–Crippen LogP) is 0.0557. The summed E-state index contributed by atoms with van der Waals surface area (Å²) in [5, 5.41) is 5.68. The van der Waals surface area contributed by atoms with E-state index >= 15 is 0 Å². The van der Waals surface area contributed by atoms with Gasteiger partial charge in [0.05, 0.1) is 13.1 Å². The summed E-state index contributed by atoms with van der Waals surface area (Å²) in [6.07, 6.45) is 6.17. The highest BCUT2D eigenvalue weighted by molar-refractivity contribution is 5.77. The van der Waals surface area contributed by atoms with Crippen molar-refractivity contribution in [2.75, 3.05) is 33.2 Å². The maximum atomic E-state index is 11.3. The summed E-state index contributed by atoms with van der Waals surface area (Å²) in [6, 6.07) is 0.552. The van der Waals surface area contributed by atoms with Crippen LogP contribution in [0.15, 0.2) is 0 Å². The lowest BCUT2D eigenvalue weighted by Crippen LogP contribution is -2.40. The van der Waals surface area contributed by atoms with Gasteiger partial charge in [-0.25, -0.2) is 0 Å². The van der Waals surface area contributed by atoms with E-state index < -0.39 is 0 Å². The van der Waals surface area contributed by atoms with Gasteiger partial charge in [-0.3, -0.25) is 10.1 Å². The van der Waals surface area contributed by atoms with Crippen molar-refractivity contribution < 1.29 is 4.79 Å². The van der Waals surface area contributed by atoms with Crippen molar-refractivity contribution >= 4 is 5.91 Å². The second-order valence-corrected chi connectivity index (χ2v) is 3.90. The van der Waals surface area contributed by atoms with E-state index in [0.29, 0.717) is 19.1 Å². The lowest BCUT2D eigenvalue weighted by atomic mass is 10.2. The zero-order valence-electron chi connectivity index (χ0n) is 10.5. The van der Waals surface area contributed by atoms with E-state index in [0.717, 1.165) is 13.0 Å². The van der Waals surface area contributed by atoms with Crippen molar-refractivity contribution in [1.29, 1.82) is 0 Å². The number of terminal acetylenes is 1. The Morgan fingerprint density at radius 1 is 1.56 bits per heavy atom. The van der Waals surface area contributed by atoms with Gasteiger partial charge >= 0.3 is 0 Å². The Morgan fingerprint density at radius 3 is 2.81 bits per heavy atom. The van der Waals surface area contributed by atoms with Crippen LogP contribution in [0.25, 0.3) is 0 Å². The first-order valence-corrected chi connectivity index (χ1v) is 5.72. The topological polar surface area (TPSA) is 44.4 Å². The maximum absolute atomic E-state index is 11.3. The van der Waals surface area contributed by atoms with Crippen molar-refractivity contribution in [2.24, 2.45) is 0 Å². The molecule has 0 spiro atoms. The van der Waals surface area contributed by atoms with Gasteiger partial charge in [-0.15, -0.1) is 6.42 Å². The van der Waals surface area contributed by atoms with Gasteiger partial charge < -0.3 is 10.2 Å². The average Bonchev–Trinajstić information content (AvgIpc) is 2.28. The molecule has 4 heteroatoms. The van der Waals surface area contributed by atoms with E-state index in [2.05, 4.69) is 42.3 Å². The van der Waals surface area contributed by atoms with Crippen molar-refractivity contribution in [3.05, 3.63) is 0 Å².